The second-order valence-corrected chi connectivity index (χ2v) is 3.96. The quantitative estimate of drug-likeness (QED) is 0.384. The lowest BCUT2D eigenvalue weighted by atomic mass is 10.0. The normalized spacial score (nSPS) is 11.1. The Morgan fingerprint density at radius 2 is 1.84 bits per heavy atom. The molecular weight excluding hydrogens is 256 g/mol. The standard InChI is InChI=1S/C11H16N2O6/c14-5-11(6-15,7-16)13-9(17)4-12-10(18)8-2-1-3-19-8/h1-3,14-16H,4-7H2,(H,12,18)(H,13,17). The highest BCUT2D eigenvalue weighted by molar-refractivity contribution is 5.94. The monoisotopic (exact) mass is 272 g/mol. The zero-order valence-electron chi connectivity index (χ0n) is 10.1. The van der Waals surface area contributed by atoms with E-state index in [0.717, 1.165) is 0 Å². The molecular formula is C11H16N2O6. The average molecular weight is 272 g/mol. The first-order valence-corrected chi connectivity index (χ1v) is 5.52. The van der Waals surface area contributed by atoms with E-state index in [-0.39, 0.29) is 12.3 Å². The fourth-order valence-electron chi connectivity index (χ4n) is 1.26. The molecule has 0 radical (unpaired) electrons. The zero-order chi connectivity index (χ0) is 14.3. The summed E-state index contributed by atoms with van der Waals surface area (Å²) in [7, 11) is 0. The van der Waals surface area contributed by atoms with E-state index in [4.69, 9.17) is 19.7 Å². The Balaban J connectivity index is 2.45. The Hall–Kier alpha value is -1.90. The van der Waals surface area contributed by atoms with Gasteiger partial charge in [-0.2, -0.15) is 0 Å². The van der Waals surface area contributed by atoms with Crippen LogP contribution < -0.4 is 10.6 Å². The Bertz CT molecular complexity index is 405. The molecule has 5 N–H and O–H groups in total. The van der Waals surface area contributed by atoms with Crippen molar-refractivity contribution in [1.29, 1.82) is 0 Å². The summed E-state index contributed by atoms with van der Waals surface area (Å²) in [5.41, 5.74) is -1.51. The minimum absolute atomic E-state index is 0.0607. The van der Waals surface area contributed by atoms with Crippen molar-refractivity contribution < 1.29 is 29.3 Å². The topological polar surface area (TPSA) is 132 Å². The summed E-state index contributed by atoms with van der Waals surface area (Å²) in [6.45, 7) is -2.26. The number of aliphatic hydroxyl groups excluding tert-OH is 3. The molecule has 0 spiro atoms. The van der Waals surface area contributed by atoms with Crippen LogP contribution in [0.25, 0.3) is 0 Å². The highest BCUT2D eigenvalue weighted by atomic mass is 16.3. The molecule has 0 bridgehead atoms. The molecule has 0 aliphatic rings. The van der Waals surface area contributed by atoms with E-state index in [1.165, 1.54) is 18.4 Å². The molecule has 8 heteroatoms. The summed E-state index contributed by atoms with van der Waals surface area (Å²) >= 11 is 0. The van der Waals surface area contributed by atoms with E-state index in [0.29, 0.717) is 0 Å². The Labute approximate surface area is 109 Å². The molecule has 0 fully saturated rings. The molecule has 1 aromatic heterocycles. The van der Waals surface area contributed by atoms with E-state index in [2.05, 4.69) is 10.6 Å². The van der Waals surface area contributed by atoms with Crippen LogP contribution in [0.15, 0.2) is 22.8 Å². The van der Waals surface area contributed by atoms with E-state index in [1.807, 2.05) is 0 Å². The smallest absolute Gasteiger partial charge is 0.287 e. The van der Waals surface area contributed by atoms with Gasteiger partial charge in [0.15, 0.2) is 5.76 Å². The van der Waals surface area contributed by atoms with Crippen molar-refractivity contribution in [3.63, 3.8) is 0 Å². The van der Waals surface area contributed by atoms with Gasteiger partial charge in [-0.25, -0.2) is 0 Å². The number of hydrogen-bond donors (Lipinski definition) is 5. The minimum Gasteiger partial charge on any atom is -0.459 e. The van der Waals surface area contributed by atoms with Gasteiger partial charge in [0.05, 0.1) is 32.6 Å². The maximum Gasteiger partial charge on any atom is 0.287 e. The number of hydrogen-bond acceptors (Lipinski definition) is 6. The zero-order valence-corrected chi connectivity index (χ0v) is 10.1. The lowest BCUT2D eigenvalue weighted by Crippen LogP contribution is -2.58. The predicted molar refractivity (Wildman–Crippen MR) is 63.2 cm³/mol. The lowest BCUT2D eigenvalue weighted by Gasteiger charge is -2.28. The summed E-state index contributed by atoms with van der Waals surface area (Å²) in [5.74, 6) is -1.16. The largest absolute Gasteiger partial charge is 0.459 e. The average Bonchev–Trinajstić information content (AvgIpc) is 2.96. The molecule has 0 unspecified atom stereocenters. The molecule has 0 saturated heterocycles. The molecule has 8 nitrogen and oxygen atoms in total. The van der Waals surface area contributed by atoms with Gasteiger partial charge in [0.1, 0.15) is 5.54 Å². The van der Waals surface area contributed by atoms with Gasteiger partial charge < -0.3 is 30.4 Å². The van der Waals surface area contributed by atoms with Gasteiger partial charge in [0.2, 0.25) is 5.91 Å². The molecule has 1 heterocycles. The second kappa shape index (κ2) is 6.88. The molecule has 19 heavy (non-hydrogen) atoms. The first kappa shape index (κ1) is 15.2. The number of carbonyl (C=O) groups is 2. The van der Waals surface area contributed by atoms with Gasteiger partial charge in [-0.05, 0) is 12.1 Å². The Morgan fingerprint density at radius 3 is 2.32 bits per heavy atom. The number of nitrogens with one attached hydrogen (secondary N) is 2. The number of carbonyl (C=O) groups excluding carboxylic acids is 2. The number of furan rings is 1. The van der Waals surface area contributed by atoms with Crippen molar-refractivity contribution in [2.45, 2.75) is 5.54 Å². The van der Waals surface area contributed by atoms with Gasteiger partial charge >= 0.3 is 0 Å². The molecule has 106 valence electrons. The highest BCUT2D eigenvalue weighted by Crippen LogP contribution is 2.01. The van der Waals surface area contributed by atoms with Crippen molar-refractivity contribution in [2.24, 2.45) is 0 Å². The van der Waals surface area contributed by atoms with Crippen molar-refractivity contribution in [1.82, 2.24) is 10.6 Å². The fraction of sp³-hybridized carbons (Fsp3) is 0.455. The van der Waals surface area contributed by atoms with Gasteiger partial charge in [0.25, 0.3) is 5.91 Å². The number of aliphatic hydroxyl groups is 3. The molecule has 1 aromatic rings. The van der Waals surface area contributed by atoms with E-state index in [1.54, 1.807) is 0 Å². The summed E-state index contributed by atoms with van der Waals surface area (Å²) in [5, 5.41) is 31.6. The third-order valence-corrected chi connectivity index (χ3v) is 2.47. The molecule has 2 amide bonds. The maximum atomic E-state index is 11.5. The SMILES string of the molecule is O=C(CNC(=O)c1ccco1)NC(CO)(CO)CO. The van der Waals surface area contributed by atoms with Gasteiger partial charge in [-0.1, -0.05) is 0 Å². The summed E-state index contributed by atoms with van der Waals surface area (Å²) in [6, 6.07) is 2.97. The van der Waals surface area contributed by atoms with Crippen LogP contribution >= 0.6 is 0 Å². The number of rotatable bonds is 7. The Morgan fingerprint density at radius 1 is 1.21 bits per heavy atom. The van der Waals surface area contributed by atoms with Crippen molar-refractivity contribution >= 4 is 11.8 Å². The van der Waals surface area contributed by atoms with E-state index >= 15 is 0 Å². The molecule has 0 aromatic carbocycles. The van der Waals surface area contributed by atoms with Gasteiger partial charge in [-0.3, -0.25) is 9.59 Å². The third-order valence-electron chi connectivity index (χ3n) is 2.47. The first-order valence-electron chi connectivity index (χ1n) is 5.52. The number of amides is 2. The van der Waals surface area contributed by atoms with Crippen LogP contribution in [-0.2, 0) is 4.79 Å². The van der Waals surface area contributed by atoms with Crippen LogP contribution in [0.3, 0.4) is 0 Å². The molecule has 1 rings (SSSR count). The second-order valence-electron chi connectivity index (χ2n) is 3.96. The van der Waals surface area contributed by atoms with Crippen molar-refractivity contribution in [3.05, 3.63) is 24.2 Å². The molecule has 0 aliphatic heterocycles. The maximum absolute atomic E-state index is 11.5. The van der Waals surface area contributed by atoms with Crippen LogP contribution in [0.4, 0.5) is 0 Å². The van der Waals surface area contributed by atoms with Gasteiger partial charge in [0, 0.05) is 0 Å². The van der Waals surface area contributed by atoms with Gasteiger partial charge in [-0.15, -0.1) is 0 Å². The molecule has 0 atom stereocenters. The minimum atomic E-state index is -1.51. The molecule has 0 aliphatic carbocycles. The van der Waals surface area contributed by atoms with E-state index in [9.17, 15) is 9.59 Å². The van der Waals surface area contributed by atoms with Crippen molar-refractivity contribution in [3.8, 4) is 0 Å². The third kappa shape index (κ3) is 4.05. The lowest BCUT2D eigenvalue weighted by molar-refractivity contribution is -0.124. The van der Waals surface area contributed by atoms with Crippen LogP contribution in [0.2, 0.25) is 0 Å². The van der Waals surface area contributed by atoms with Crippen LogP contribution in [-0.4, -0.2) is 59.0 Å². The van der Waals surface area contributed by atoms with Crippen LogP contribution in [0, 0.1) is 0 Å². The predicted octanol–water partition coefficient (Wildman–Crippen LogP) is -2.16. The van der Waals surface area contributed by atoms with Crippen LogP contribution in [0.5, 0.6) is 0 Å². The Kier molecular flexibility index (Phi) is 5.49. The fourth-order valence-corrected chi connectivity index (χ4v) is 1.26. The van der Waals surface area contributed by atoms with E-state index < -0.39 is 37.2 Å². The summed E-state index contributed by atoms with van der Waals surface area (Å²) in [6.07, 6.45) is 1.32. The first-order chi connectivity index (χ1) is 9.06. The molecule has 0 saturated carbocycles. The van der Waals surface area contributed by atoms with Crippen LogP contribution in [0.1, 0.15) is 10.6 Å². The summed E-state index contributed by atoms with van der Waals surface area (Å²) in [4.78, 5) is 23.0. The van der Waals surface area contributed by atoms with Crippen molar-refractivity contribution in [2.75, 3.05) is 26.4 Å². The highest BCUT2D eigenvalue weighted by Gasteiger charge is 2.29. The summed E-state index contributed by atoms with van der Waals surface area (Å²) < 4.78 is 4.83.